The van der Waals surface area contributed by atoms with Crippen LogP contribution in [-0.4, -0.2) is 37.5 Å². The monoisotopic (exact) mass is 423 g/mol. The van der Waals surface area contributed by atoms with Gasteiger partial charge in [-0.05, 0) is 30.4 Å². The van der Waals surface area contributed by atoms with E-state index < -0.39 is 11.6 Å². The molecule has 0 radical (unpaired) electrons. The van der Waals surface area contributed by atoms with Crippen LogP contribution in [0.3, 0.4) is 0 Å². The van der Waals surface area contributed by atoms with Gasteiger partial charge in [-0.15, -0.1) is 24.0 Å². The van der Waals surface area contributed by atoms with Gasteiger partial charge in [-0.3, -0.25) is 4.99 Å². The van der Waals surface area contributed by atoms with Crippen LogP contribution in [0.1, 0.15) is 25.8 Å². The van der Waals surface area contributed by atoms with E-state index in [9.17, 15) is 8.78 Å². The molecule has 0 bridgehead atoms. The molecule has 0 unspecified atom stereocenters. The molecule has 1 N–H and O–H groups in total. The highest BCUT2D eigenvalue weighted by molar-refractivity contribution is 14.0. The highest BCUT2D eigenvalue weighted by Crippen LogP contribution is 2.28. The van der Waals surface area contributed by atoms with Crippen LogP contribution in [0.2, 0.25) is 0 Å². The number of nitrogens with one attached hydrogen (secondary N) is 1. The minimum atomic E-state index is -0.492. The maximum atomic E-state index is 13.6. The Labute approximate surface area is 148 Å². The Morgan fingerprint density at radius 3 is 2.45 bits per heavy atom. The molecule has 0 aliphatic carbocycles. The van der Waals surface area contributed by atoms with Crippen molar-refractivity contribution in [3.63, 3.8) is 0 Å². The standard InChI is InChI=1S/C16H23F2N3.HI/c1-16(2)8-10-21(11-16)15(19-3)20-9-7-12-13(17)5-4-6-14(12)18;/h4-6H,7-11H2,1-3H3,(H,19,20);1H. The number of hydrogen-bond acceptors (Lipinski definition) is 1. The van der Waals surface area contributed by atoms with Crippen molar-refractivity contribution < 1.29 is 8.78 Å². The molecule has 6 heteroatoms. The summed E-state index contributed by atoms with van der Waals surface area (Å²) in [6.45, 7) is 6.83. The second-order valence-electron chi connectivity index (χ2n) is 6.26. The van der Waals surface area contributed by atoms with E-state index in [0.717, 1.165) is 25.5 Å². The molecule has 0 aromatic heterocycles. The van der Waals surface area contributed by atoms with E-state index in [1.54, 1.807) is 7.05 Å². The third kappa shape index (κ3) is 4.79. The van der Waals surface area contributed by atoms with E-state index in [2.05, 4.69) is 29.1 Å². The molecule has 1 aliphatic heterocycles. The van der Waals surface area contributed by atoms with Crippen molar-refractivity contribution in [1.82, 2.24) is 10.2 Å². The summed E-state index contributed by atoms with van der Waals surface area (Å²) < 4.78 is 27.1. The van der Waals surface area contributed by atoms with E-state index in [1.807, 2.05) is 0 Å². The van der Waals surface area contributed by atoms with Crippen LogP contribution in [0, 0.1) is 17.0 Å². The summed E-state index contributed by atoms with van der Waals surface area (Å²) in [6.07, 6.45) is 1.42. The van der Waals surface area contributed by atoms with Gasteiger partial charge in [0.1, 0.15) is 11.6 Å². The molecule has 1 aromatic carbocycles. The van der Waals surface area contributed by atoms with Gasteiger partial charge in [-0.1, -0.05) is 19.9 Å². The molecule has 124 valence electrons. The van der Waals surface area contributed by atoms with E-state index in [4.69, 9.17) is 0 Å². The fourth-order valence-corrected chi connectivity index (χ4v) is 2.70. The first-order valence-corrected chi connectivity index (χ1v) is 7.31. The molecule has 1 fully saturated rings. The summed E-state index contributed by atoms with van der Waals surface area (Å²) in [4.78, 5) is 6.45. The zero-order chi connectivity index (χ0) is 15.5. The van der Waals surface area contributed by atoms with Gasteiger partial charge in [0.05, 0.1) is 0 Å². The predicted molar refractivity (Wildman–Crippen MR) is 96.8 cm³/mol. The van der Waals surface area contributed by atoms with Gasteiger partial charge in [0.15, 0.2) is 5.96 Å². The number of hydrogen-bond donors (Lipinski definition) is 1. The Kier molecular flexibility index (Phi) is 7.02. The molecule has 0 spiro atoms. The molecule has 3 nitrogen and oxygen atoms in total. The average molecular weight is 423 g/mol. The van der Waals surface area contributed by atoms with Crippen molar-refractivity contribution >= 4 is 29.9 Å². The molecular formula is C16H24F2IN3. The van der Waals surface area contributed by atoms with Crippen LogP contribution >= 0.6 is 24.0 Å². The fraction of sp³-hybridized carbons (Fsp3) is 0.562. The highest BCUT2D eigenvalue weighted by Gasteiger charge is 2.30. The Morgan fingerprint density at radius 2 is 1.95 bits per heavy atom. The fourth-order valence-electron chi connectivity index (χ4n) is 2.70. The summed E-state index contributed by atoms with van der Waals surface area (Å²) in [6, 6.07) is 3.96. The molecule has 22 heavy (non-hydrogen) atoms. The molecule has 1 aromatic rings. The van der Waals surface area contributed by atoms with Gasteiger partial charge >= 0.3 is 0 Å². The number of aliphatic imine (C=N–C) groups is 1. The molecule has 2 rings (SSSR count). The van der Waals surface area contributed by atoms with Crippen molar-refractivity contribution in [3.8, 4) is 0 Å². The van der Waals surface area contributed by atoms with Crippen molar-refractivity contribution in [2.45, 2.75) is 26.7 Å². The highest BCUT2D eigenvalue weighted by atomic mass is 127. The first kappa shape index (κ1) is 19.1. The van der Waals surface area contributed by atoms with Gasteiger partial charge in [0, 0.05) is 32.2 Å². The molecular weight excluding hydrogens is 399 g/mol. The van der Waals surface area contributed by atoms with E-state index in [0.29, 0.717) is 13.0 Å². The minimum Gasteiger partial charge on any atom is -0.356 e. The normalized spacial score (nSPS) is 17.3. The Hall–Kier alpha value is -0.920. The van der Waals surface area contributed by atoms with Gasteiger partial charge < -0.3 is 10.2 Å². The lowest BCUT2D eigenvalue weighted by atomic mass is 9.93. The van der Waals surface area contributed by atoms with Gasteiger partial charge in [0.25, 0.3) is 0 Å². The lowest BCUT2D eigenvalue weighted by molar-refractivity contribution is 0.370. The Bertz CT molecular complexity index is 512. The second kappa shape index (κ2) is 8.08. The predicted octanol–water partition coefficient (Wildman–Crippen LogP) is 3.43. The van der Waals surface area contributed by atoms with Crippen LogP contribution < -0.4 is 5.32 Å². The second-order valence-corrected chi connectivity index (χ2v) is 6.26. The lowest BCUT2D eigenvalue weighted by Gasteiger charge is -2.23. The topological polar surface area (TPSA) is 27.6 Å². The number of likely N-dealkylation sites (tertiary alicyclic amines) is 1. The number of guanidine groups is 1. The van der Waals surface area contributed by atoms with Gasteiger partial charge in [0.2, 0.25) is 0 Å². The number of benzene rings is 1. The molecule has 1 saturated heterocycles. The van der Waals surface area contributed by atoms with E-state index >= 15 is 0 Å². The maximum absolute atomic E-state index is 13.6. The smallest absolute Gasteiger partial charge is 0.193 e. The van der Waals surface area contributed by atoms with Crippen molar-refractivity contribution in [2.75, 3.05) is 26.7 Å². The molecule has 1 aliphatic rings. The molecule has 0 saturated carbocycles. The summed E-state index contributed by atoms with van der Waals surface area (Å²) in [5.41, 5.74) is 0.414. The maximum Gasteiger partial charge on any atom is 0.193 e. The summed E-state index contributed by atoms with van der Waals surface area (Å²) >= 11 is 0. The number of halogens is 3. The zero-order valence-electron chi connectivity index (χ0n) is 13.3. The van der Waals surface area contributed by atoms with Gasteiger partial charge in [-0.25, -0.2) is 8.78 Å². The quantitative estimate of drug-likeness (QED) is 0.459. The zero-order valence-corrected chi connectivity index (χ0v) is 15.7. The van der Waals surface area contributed by atoms with E-state index in [-0.39, 0.29) is 35.0 Å². The lowest BCUT2D eigenvalue weighted by Crippen LogP contribution is -2.41. The van der Waals surface area contributed by atoms with Crippen molar-refractivity contribution in [1.29, 1.82) is 0 Å². The summed E-state index contributed by atoms with van der Waals surface area (Å²) in [7, 11) is 1.73. The third-order valence-corrected chi connectivity index (χ3v) is 3.91. The first-order valence-electron chi connectivity index (χ1n) is 7.31. The summed E-state index contributed by atoms with van der Waals surface area (Å²) in [5.74, 6) is -0.180. The Balaban J connectivity index is 0.00000242. The van der Waals surface area contributed by atoms with Crippen LogP contribution in [0.25, 0.3) is 0 Å². The largest absolute Gasteiger partial charge is 0.356 e. The Morgan fingerprint density at radius 1 is 1.32 bits per heavy atom. The van der Waals surface area contributed by atoms with Crippen molar-refractivity contribution in [2.24, 2.45) is 10.4 Å². The number of nitrogens with zero attached hydrogens (tertiary/aromatic N) is 2. The third-order valence-electron chi connectivity index (χ3n) is 3.91. The van der Waals surface area contributed by atoms with Crippen LogP contribution in [-0.2, 0) is 6.42 Å². The average Bonchev–Trinajstić information content (AvgIpc) is 2.78. The number of rotatable bonds is 3. The van der Waals surface area contributed by atoms with Crippen LogP contribution in [0.15, 0.2) is 23.2 Å². The SMILES string of the molecule is CN=C(NCCc1c(F)cccc1F)N1CCC(C)(C)C1.I. The first-order chi connectivity index (χ1) is 9.93. The molecule has 0 amide bonds. The van der Waals surface area contributed by atoms with Crippen molar-refractivity contribution in [3.05, 3.63) is 35.4 Å². The molecule has 1 heterocycles. The summed E-state index contributed by atoms with van der Waals surface area (Å²) in [5, 5.41) is 3.19. The minimum absolute atomic E-state index is 0. The van der Waals surface area contributed by atoms with E-state index in [1.165, 1.54) is 18.2 Å². The van der Waals surface area contributed by atoms with Crippen LogP contribution in [0.5, 0.6) is 0 Å². The van der Waals surface area contributed by atoms with Gasteiger partial charge in [-0.2, -0.15) is 0 Å². The molecule has 0 atom stereocenters. The van der Waals surface area contributed by atoms with Crippen LogP contribution in [0.4, 0.5) is 8.78 Å².